The van der Waals surface area contributed by atoms with Crippen molar-refractivity contribution in [2.24, 2.45) is 11.3 Å². The molecule has 8 rings (SSSR count). The van der Waals surface area contributed by atoms with E-state index >= 15 is 0 Å². The van der Waals surface area contributed by atoms with E-state index in [1.807, 2.05) is 35.2 Å². The topological polar surface area (TPSA) is 230 Å². The van der Waals surface area contributed by atoms with Gasteiger partial charge in [-0.1, -0.05) is 30.3 Å². The molecule has 6 aliphatic rings. The van der Waals surface area contributed by atoms with Gasteiger partial charge in [0, 0.05) is 64.0 Å². The molecule has 2 aromatic rings. The van der Waals surface area contributed by atoms with Crippen LogP contribution in [-0.2, 0) is 38.7 Å². The third-order valence-electron chi connectivity index (χ3n) is 13.3. The van der Waals surface area contributed by atoms with E-state index in [9.17, 15) is 42.0 Å². The van der Waals surface area contributed by atoms with Crippen molar-refractivity contribution in [3.05, 3.63) is 65.2 Å². The summed E-state index contributed by atoms with van der Waals surface area (Å²) in [4.78, 5) is 93.1. The summed E-state index contributed by atoms with van der Waals surface area (Å²) in [6, 6.07) is 12.8. The number of sulfonamides is 1. The zero-order chi connectivity index (χ0) is 45.2. The minimum absolute atomic E-state index is 0.0486. The predicted octanol–water partition coefficient (Wildman–Crippen LogP) is 1.67. The molecule has 4 unspecified atom stereocenters. The lowest BCUT2D eigenvalue weighted by atomic mass is 9.61. The van der Waals surface area contributed by atoms with Crippen LogP contribution < -0.4 is 26.0 Å². The van der Waals surface area contributed by atoms with Crippen molar-refractivity contribution in [1.29, 1.82) is 0 Å². The van der Waals surface area contributed by atoms with E-state index < -0.39 is 51.7 Å². The third kappa shape index (κ3) is 10.3. The first-order chi connectivity index (χ1) is 30.7. The lowest BCUT2D eigenvalue weighted by molar-refractivity contribution is -0.137. The SMILES string of the molecule is CS(=O)(=O)N1CCC(C(=O)N[C@@H](CCOCCCC(=O)N2CCC3(CC2)CC(Oc2ccc4c(c2)C(=O)N(C2CCC(=O)NC2=O)C4=O)C3)C(=O)NC2NC(c3ccccc3)CS2)C1. The number of nitrogens with zero attached hydrogens (tertiary/aromatic N) is 3. The zero-order valence-corrected chi connectivity index (χ0v) is 37.4. The molecule has 1 aliphatic carbocycles. The minimum atomic E-state index is -3.44. The van der Waals surface area contributed by atoms with Gasteiger partial charge in [0.15, 0.2) is 0 Å². The number of amides is 7. The van der Waals surface area contributed by atoms with Gasteiger partial charge in [0.2, 0.25) is 39.6 Å². The fraction of sp³-hybridized carbons (Fsp3) is 0.568. The van der Waals surface area contributed by atoms with Crippen molar-refractivity contribution in [3.63, 3.8) is 0 Å². The average Bonchev–Trinajstić information content (AvgIpc) is 4.01. The quantitative estimate of drug-likeness (QED) is 0.139. The van der Waals surface area contributed by atoms with Crippen LogP contribution >= 0.6 is 11.8 Å². The number of piperidine rings is 2. The van der Waals surface area contributed by atoms with E-state index in [2.05, 4.69) is 21.3 Å². The molecule has 5 aliphatic heterocycles. The molecule has 344 valence electrons. The Bertz CT molecular complexity index is 2260. The number of nitrogens with one attached hydrogen (secondary N) is 4. The summed E-state index contributed by atoms with van der Waals surface area (Å²) in [6.07, 6.45) is 5.84. The molecule has 1 saturated carbocycles. The van der Waals surface area contributed by atoms with Crippen LogP contribution in [0.2, 0.25) is 0 Å². The molecule has 5 fully saturated rings. The van der Waals surface area contributed by atoms with Gasteiger partial charge in [0.05, 0.1) is 29.4 Å². The van der Waals surface area contributed by atoms with E-state index in [1.165, 1.54) is 4.31 Å². The van der Waals surface area contributed by atoms with Crippen LogP contribution in [-0.4, -0.2) is 139 Å². The first-order valence-electron chi connectivity index (χ1n) is 22.0. The highest BCUT2D eigenvalue weighted by Crippen LogP contribution is 2.50. The van der Waals surface area contributed by atoms with Gasteiger partial charge in [-0.05, 0) is 80.5 Å². The Labute approximate surface area is 376 Å². The number of thioether (sulfide) groups is 1. The van der Waals surface area contributed by atoms with E-state index in [1.54, 1.807) is 30.0 Å². The molecule has 18 nitrogen and oxygen atoms in total. The second-order valence-corrected chi connectivity index (χ2v) is 20.8. The normalized spacial score (nSPS) is 25.2. The summed E-state index contributed by atoms with van der Waals surface area (Å²) in [5, 5.41) is 11.5. The van der Waals surface area contributed by atoms with Crippen LogP contribution in [0.1, 0.15) is 96.5 Å². The van der Waals surface area contributed by atoms with Crippen LogP contribution in [0.3, 0.4) is 0 Å². The summed E-state index contributed by atoms with van der Waals surface area (Å²) in [5.74, 6) is -2.27. The van der Waals surface area contributed by atoms with Crippen molar-refractivity contribution in [2.75, 3.05) is 51.4 Å². The second-order valence-electron chi connectivity index (χ2n) is 17.7. The van der Waals surface area contributed by atoms with Crippen molar-refractivity contribution in [2.45, 2.75) is 93.9 Å². The van der Waals surface area contributed by atoms with Crippen LogP contribution in [0.5, 0.6) is 5.75 Å². The Balaban J connectivity index is 0.746. The van der Waals surface area contributed by atoms with Crippen molar-refractivity contribution in [3.8, 4) is 5.75 Å². The van der Waals surface area contributed by atoms with Gasteiger partial charge >= 0.3 is 0 Å². The number of hydrogen-bond donors (Lipinski definition) is 4. The van der Waals surface area contributed by atoms with Gasteiger partial charge in [0.25, 0.3) is 11.8 Å². The molecule has 4 N–H and O–H groups in total. The number of hydrogen-bond acceptors (Lipinski definition) is 13. The molecule has 5 heterocycles. The van der Waals surface area contributed by atoms with Crippen molar-refractivity contribution in [1.82, 2.24) is 35.4 Å². The molecule has 0 radical (unpaired) electrons. The first-order valence-corrected chi connectivity index (χ1v) is 24.9. The second kappa shape index (κ2) is 19.3. The Hall–Kier alpha value is -4.89. The number of carbonyl (C=O) groups is 7. The summed E-state index contributed by atoms with van der Waals surface area (Å²) in [5.41, 5.74) is 1.19. The highest BCUT2D eigenvalue weighted by Gasteiger charge is 2.49. The minimum Gasteiger partial charge on any atom is -0.490 e. The smallest absolute Gasteiger partial charge is 0.262 e. The lowest BCUT2D eigenvalue weighted by Gasteiger charge is -2.51. The molecule has 20 heteroatoms. The van der Waals surface area contributed by atoms with Gasteiger partial charge < -0.3 is 25.0 Å². The predicted molar refractivity (Wildman–Crippen MR) is 233 cm³/mol. The lowest BCUT2D eigenvalue weighted by Crippen LogP contribution is -2.54. The van der Waals surface area contributed by atoms with E-state index in [-0.39, 0.29) is 90.9 Å². The van der Waals surface area contributed by atoms with Gasteiger partial charge in [-0.3, -0.25) is 49.1 Å². The number of likely N-dealkylation sites (tertiary alicyclic amines) is 1. The number of imide groups is 2. The van der Waals surface area contributed by atoms with Crippen LogP contribution in [0.15, 0.2) is 48.5 Å². The number of benzene rings is 2. The van der Waals surface area contributed by atoms with E-state index in [0.29, 0.717) is 44.7 Å². The number of carbonyl (C=O) groups excluding carboxylic acids is 7. The van der Waals surface area contributed by atoms with Gasteiger partial charge in [-0.15, -0.1) is 11.8 Å². The molecule has 1 spiro atoms. The molecule has 5 atom stereocenters. The van der Waals surface area contributed by atoms with Crippen LogP contribution in [0, 0.1) is 11.3 Å². The van der Waals surface area contributed by atoms with Crippen LogP contribution in [0.25, 0.3) is 0 Å². The third-order valence-corrected chi connectivity index (χ3v) is 15.7. The summed E-state index contributed by atoms with van der Waals surface area (Å²) < 4.78 is 37.5. The van der Waals surface area contributed by atoms with Gasteiger partial charge in [-0.2, -0.15) is 0 Å². The first kappa shape index (κ1) is 45.7. The summed E-state index contributed by atoms with van der Waals surface area (Å²) in [6.45, 7) is 2.05. The van der Waals surface area contributed by atoms with Gasteiger partial charge in [-0.25, -0.2) is 12.7 Å². The zero-order valence-electron chi connectivity index (χ0n) is 35.8. The Morgan fingerprint density at radius 1 is 0.953 bits per heavy atom. The number of fused-ring (bicyclic) bond motifs is 1. The highest BCUT2D eigenvalue weighted by atomic mass is 32.2. The number of rotatable bonds is 16. The number of ether oxygens (including phenoxy) is 2. The fourth-order valence-corrected chi connectivity index (χ4v) is 11.6. The molecule has 64 heavy (non-hydrogen) atoms. The van der Waals surface area contributed by atoms with Crippen LogP contribution in [0.4, 0.5) is 0 Å². The van der Waals surface area contributed by atoms with Crippen molar-refractivity contribution >= 4 is 63.1 Å². The maximum absolute atomic E-state index is 13.6. The maximum atomic E-state index is 13.6. The van der Waals surface area contributed by atoms with Crippen molar-refractivity contribution < 1.29 is 51.5 Å². The molecule has 4 saturated heterocycles. The Morgan fingerprint density at radius 2 is 1.70 bits per heavy atom. The fourth-order valence-electron chi connectivity index (χ4n) is 9.60. The van der Waals surface area contributed by atoms with Gasteiger partial charge in [0.1, 0.15) is 23.3 Å². The largest absolute Gasteiger partial charge is 0.490 e. The monoisotopic (exact) mass is 921 g/mol. The standard InChI is InChI=1S/C44H55N7O11S2/c1-64(59,60)50-17-13-28(25-50)38(54)45-33(39(55)48-43-46-34(26-63-43)27-6-3-2-4-7-27)14-21-61-20-5-8-37(53)49-18-15-44(16-19-49)23-30(24-44)62-29-9-10-31-32(22-29)42(58)51(41(31)57)35-11-12-36(52)47-40(35)56/h2-4,6-7,9-10,22,28,30,33-35,43,46H,5,8,11-21,23-26H2,1H3,(H,45,54)(H,48,55)(H,47,52,56)/t28?,33-,34?,35?,43?/m0/s1. The summed E-state index contributed by atoms with van der Waals surface area (Å²) in [7, 11) is -3.44. The molecule has 0 bridgehead atoms. The summed E-state index contributed by atoms with van der Waals surface area (Å²) >= 11 is 1.56. The highest BCUT2D eigenvalue weighted by molar-refractivity contribution is 8.00. The molecular weight excluding hydrogens is 867 g/mol. The molecular formula is C44H55N7O11S2. The van der Waals surface area contributed by atoms with E-state index in [0.717, 1.165) is 48.2 Å². The molecule has 2 aromatic carbocycles. The average molecular weight is 922 g/mol. The maximum Gasteiger partial charge on any atom is 0.262 e. The Morgan fingerprint density at radius 3 is 2.42 bits per heavy atom. The molecule has 7 amide bonds. The molecule has 0 aromatic heterocycles. The Kier molecular flexibility index (Phi) is 13.8. The van der Waals surface area contributed by atoms with E-state index in [4.69, 9.17) is 9.47 Å².